The monoisotopic (exact) mass is 278 g/mol. The van der Waals surface area contributed by atoms with Crippen LogP contribution in [0.25, 0.3) is 0 Å². The fourth-order valence-electron chi connectivity index (χ4n) is 2.73. The molecule has 21 heavy (non-hydrogen) atoms. The van der Waals surface area contributed by atoms with Gasteiger partial charge in [0.1, 0.15) is 5.75 Å². The lowest BCUT2D eigenvalue weighted by molar-refractivity contribution is 0.315. The summed E-state index contributed by atoms with van der Waals surface area (Å²) in [4.78, 5) is 0. The summed E-state index contributed by atoms with van der Waals surface area (Å²) in [6.07, 6.45) is 2.11. The highest BCUT2D eigenvalue weighted by molar-refractivity contribution is 5.37. The maximum absolute atomic E-state index is 8.96. The van der Waals surface area contributed by atoms with Gasteiger partial charge in [-0.2, -0.15) is 5.26 Å². The SMILES string of the molecule is N#Cc1cccc(CNC2CCCOc3ccccc32)c1. The molecule has 0 saturated heterocycles. The van der Waals surface area contributed by atoms with E-state index in [4.69, 9.17) is 10.00 Å². The number of benzene rings is 2. The molecule has 1 aliphatic heterocycles. The summed E-state index contributed by atoms with van der Waals surface area (Å²) in [5, 5.41) is 12.6. The number of para-hydroxylation sites is 1. The zero-order valence-corrected chi connectivity index (χ0v) is 11.9. The molecule has 1 aliphatic rings. The smallest absolute Gasteiger partial charge is 0.124 e. The maximum atomic E-state index is 8.96. The number of fused-ring (bicyclic) bond motifs is 1. The van der Waals surface area contributed by atoms with E-state index in [0.29, 0.717) is 11.6 Å². The Kier molecular flexibility index (Phi) is 4.18. The Balaban J connectivity index is 1.74. The molecule has 2 aromatic carbocycles. The second kappa shape index (κ2) is 6.43. The summed E-state index contributed by atoms with van der Waals surface area (Å²) in [5.41, 5.74) is 3.07. The van der Waals surface area contributed by atoms with Crippen LogP contribution in [0, 0.1) is 11.3 Å². The van der Waals surface area contributed by atoms with Crippen LogP contribution < -0.4 is 10.1 Å². The van der Waals surface area contributed by atoms with Crippen molar-refractivity contribution < 1.29 is 4.74 Å². The van der Waals surface area contributed by atoms with Gasteiger partial charge in [-0.15, -0.1) is 0 Å². The summed E-state index contributed by atoms with van der Waals surface area (Å²) in [5.74, 6) is 0.985. The molecular formula is C18H18N2O. The standard InChI is InChI=1S/C18H18N2O/c19-12-14-5-3-6-15(11-14)13-20-17-8-4-10-21-18-9-2-1-7-16(17)18/h1-3,5-7,9,11,17,20H,4,8,10,13H2. The molecule has 0 aromatic heterocycles. The molecule has 1 unspecified atom stereocenters. The molecule has 1 heterocycles. The molecule has 1 atom stereocenters. The Labute approximate surface area is 125 Å². The van der Waals surface area contributed by atoms with Crippen molar-refractivity contribution in [2.45, 2.75) is 25.4 Å². The zero-order chi connectivity index (χ0) is 14.5. The van der Waals surface area contributed by atoms with Crippen molar-refractivity contribution in [2.24, 2.45) is 0 Å². The first-order valence-electron chi connectivity index (χ1n) is 7.31. The van der Waals surface area contributed by atoms with Crippen molar-refractivity contribution in [3.8, 4) is 11.8 Å². The molecule has 1 N–H and O–H groups in total. The van der Waals surface area contributed by atoms with E-state index in [0.717, 1.165) is 37.3 Å². The lowest BCUT2D eigenvalue weighted by Gasteiger charge is -2.18. The topological polar surface area (TPSA) is 45.0 Å². The first-order chi connectivity index (χ1) is 10.4. The molecule has 0 saturated carbocycles. The van der Waals surface area contributed by atoms with Gasteiger partial charge in [0, 0.05) is 18.2 Å². The number of rotatable bonds is 3. The van der Waals surface area contributed by atoms with Crippen molar-refractivity contribution in [2.75, 3.05) is 6.61 Å². The van der Waals surface area contributed by atoms with E-state index in [2.05, 4.69) is 23.5 Å². The van der Waals surface area contributed by atoms with Crippen molar-refractivity contribution in [3.05, 3.63) is 65.2 Å². The van der Waals surface area contributed by atoms with Crippen molar-refractivity contribution in [1.82, 2.24) is 5.32 Å². The van der Waals surface area contributed by atoms with Crippen LogP contribution in [0.3, 0.4) is 0 Å². The normalized spacial score (nSPS) is 17.2. The van der Waals surface area contributed by atoms with E-state index in [1.165, 1.54) is 5.56 Å². The van der Waals surface area contributed by atoms with Crippen LogP contribution in [0.4, 0.5) is 0 Å². The summed E-state index contributed by atoms with van der Waals surface area (Å²) < 4.78 is 5.78. The largest absolute Gasteiger partial charge is 0.493 e. The van der Waals surface area contributed by atoms with Gasteiger partial charge < -0.3 is 10.1 Å². The summed E-state index contributed by atoms with van der Waals surface area (Å²) in [6, 6.07) is 18.5. The van der Waals surface area contributed by atoms with Gasteiger partial charge in [-0.1, -0.05) is 30.3 Å². The van der Waals surface area contributed by atoms with E-state index < -0.39 is 0 Å². The van der Waals surface area contributed by atoms with Gasteiger partial charge in [-0.25, -0.2) is 0 Å². The second-order valence-electron chi connectivity index (χ2n) is 5.27. The van der Waals surface area contributed by atoms with E-state index in [1.807, 2.05) is 36.4 Å². The number of nitriles is 1. The van der Waals surface area contributed by atoms with Crippen LogP contribution in [0.2, 0.25) is 0 Å². The van der Waals surface area contributed by atoms with E-state index in [1.54, 1.807) is 0 Å². The second-order valence-corrected chi connectivity index (χ2v) is 5.27. The molecular weight excluding hydrogens is 260 g/mol. The fraction of sp³-hybridized carbons (Fsp3) is 0.278. The Hall–Kier alpha value is -2.31. The number of hydrogen-bond donors (Lipinski definition) is 1. The fourth-order valence-corrected chi connectivity index (χ4v) is 2.73. The van der Waals surface area contributed by atoms with Crippen LogP contribution in [0.1, 0.15) is 35.6 Å². The minimum absolute atomic E-state index is 0.300. The van der Waals surface area contributed by atoms with E-state index >= 15 is 0 Å². The average molecular weight is 278 g/mol. The lowest BCUT2D eigenvalue weighted by atomic mass is 10.0. The van der Waals surface area contributed by atoms with Gasteiger partial charge in [-0.05, 0) is 36.6 Å². The van der Waals surface area contributed by atoms with Crippen LogP contribution in [-0.4, -0.2) is 6.61 Å². The number of nitrogens with one attached hydrogen (secondary N) is 1. The molecule has 0 fully saturated rings. The zero-order valence-electron chi connectivity index (χ0n) is 11.9. The van der Waals surface area contributed by atoms with Crippen LogP contribution in [0.15, 0.2) is 48.5 Å². The molecule has 0 spiro atoms. The third kappa shape index (κ3) is 3.24. The first-order valence-corrected chi connectivity index (χ1v) is 7.31. The van der Waals surface area contributed by atoms with E-state index in [-0.39, 0.29) is 0 Å². The lowest BCUT2D eigenvalue weighted by Crippen LogP contribution is -2.20. The summed E-state index contributed by atoms with van der Waals surface area (Å²) in [6.45, 7) is 1.54. The van der Waals surface area contributed by atoms with Gasteiger partial charge in [0.05, 0.1) is 18.2 Å². The Morgan fingerprint density at radius 3 is 3.00 bits per heavy atom. The number of ether oxygens (including phenoxy) is 1. The van der Waals surface area contributed by atoms with Gasteiger partial charge in [0.25, 0.3) is 0 Å². The first kappa shape index (κ1) is 13.7. The minimum atomic E-state index is 0.300. The highest BCUT2D eigenvalue weighted by atomic mass is 16.5. The van der Waals surface area contributed by atoms with Gasteiger partial charge in [-0.3, -0.25) is 0 Å². The molecule has 106 valence electrons. The molecule has 0 radical (unpaired) electrons. The molecule has 3 rings (SSSR count). The van der Waals surface area contributed by atoms with Gasteiger partial charge in [0.15, 0.2) is 0 Å². The van der Waals surface area contributed by atoms with Crippen LogP contribution in [0.5, 0.6) is 5.75 Å². The Bertz CT molecular complexity index is 660. The van der Waals surface area contributed by atoms with Crippen LogP contribution >= 0.6 is 0 Å². The highest BCUT2D eigenvalue weighted by Crippen LogP contribution is 2.31. The third-order valence-corrected chi connectivity index (χ3v) is 3.80. The number of hydrogen-bond acceptors (Lipinski definition) is 3. The molecule has 3 nitrogen and oxygen atoms in total. The molecule has 0 bridgehead atoms. The molecule has 0 aliphatic carbocycles. The van der Waals surface area contributed by atoms with Crippen LogP contribution in [-0.2, 0) is 6.54 Å². The predicted octanol–water partition coefficient (Wildman–Crippen LogP) is 3.56. The van der Waals surface area contributed by atoms with Gasteiger partial charge >= 0.3 is 0 Å². The Morgan fingerprint density at radius 1 is 1.19 bits per heavy atom. The van der Waals surface area contributed by atoms with Crippen molar-refractivity contribution >= 4 is 0 Å². The summed E-state index contributed by atoms with van der Waals surface area (Å²) >= 11 is 0. The molecule has 0 amide bonds. The summed E-state index contributed by atoms with van der Waals surface area (Å²) in [7, 11) is 0. The van der Waals surface area contributed by atoms with Crippen molar-refractivity contribution in [3.63, 3.8) is 0 Å². The van der Waals surface area contributed by atoms with E-state index in [9.17, 15) is 0 Å². The van der Waals surface area contributed by atoms with Crippen molar-refractivity contribution in [1.29, 1.82) is 5.26 Å². The quantitative estimate of drug-likeness (QED) is 0.933. The average Bonchev–Trinajstić information content (AvgIpc) is 2.75. The molecule has 2 aromatic rings. The number of nitrogens with zero attached hydrogens (tertiary/aromatic N) is 1. The highest BCUT2D eigenvalue weighted by Gasteiger charge is 2.18. The minimum Gasteiger partial charge on any atom is -0.493 e. The third-order valence-electron chi connectivity index (χ3n) is 3.80. The molecule has 3 heteroatoms. The van der Waals surface area contributed by atoms with Gasteiger partial charge in [0.2, 0.25) is 0 Å². The predicted molar refractivity (Wildman–Crippen MR) is 81.9 cm³/mol. The Morgan fingerprint density at radius 2 is 2.10 bits per heavy atom. The maximum Gasteiger partial charge on any atom is 0.124 e.